The lowest BCUT2D eigenvalue weighted by Gasteiger charge is -2.34. The summed E-state index contributed by atoms with van der Waals surface area (Å²) in [4.78, 5) is 29.2. The molecular formula is C23H24ClN5O3. The largest absolute Gasteiger partial charge is 0.493 e. The Labute approximate surface area is 191 Å². The second-order valence-electron chi connectivity index (χ2n) is 7.42. The topological polar surface area (TPSA) is 79.7 Å². The molecule has 0 radical (unpaired) electrons. The summed E-state index contributed by atoms with van der Waals surface area (Å²) >= 11 is 6.10. The van der Waals surface area contributed by atoms with E-state index in [-0.39, 0.29) is 24.1 Å². The van der Waals surface area contributed by atoms with Gasteiger partial charge in [-0.2, -0.15) is 5.10 Å². The van der Waals surface area contributed by atoms with Crippen LogP contribution in [0.4, 0.5) is 5.69 Å². The van der Waals surface area contributed by atoms with E-state index in [0.29, 0.717) is 42.6 Å². The molecule has 2 amide bonds. The Kier molecular flexibility index (Phi) is 6.72. The fraction of sp³-hybridized carbons (Fsp3) is 0.261. The third-order valence-corrected chi connectivity index (χ3v) is 5.63. The van der Waals surface area contributed by atoms with E-state index in [9.17, 15) is 9.59 Å². The van der Waals surface area contributed by atoms with Crippen molar-refractivity contribution in [2.45, 2.75) is 0 Å². The molecule has 0 aliphatic carbocycles. The number of benzene rings is 2. The van der Waals surface area contributed by atoms with Crippen molar-refractivity contribution in [3.8, 4) is 11.4 Å². The minimum Gasteiger partial charge on any atom is -0.493 e. The van der Waals surface area contributed by atoms with E-state index < -0.39 is 0 Å². The van der Waals surface area contributed by atoms with Crippen molar-refractivity contribution in [2.24, 2.45) is 0 Å². The molecule has 166 valence electrons. The molecule has 1 aliphatic heterocycles. The van der Waals surface area contributed by atoms with Crippen molar-refractivity contribution in [1.82, 2.24) is 19.6 Å². The second-order valence-corrected chi connectivity index (χ2v) is 7.83. The highest BCUT2D eigenvalue weighted by molar-refractivity contribution is 6.33. The zero-order valence-electron chi connectivity index (χ0n) is 17.7. The van der Waals surface area contributed by atoms with Gasteiger partial charge in [0.05, 0.1) is 36.2 Å². The van der Waals surface area contributed by atoms with Crippen LogP contribution in [0.25, 0.3) is 5.69 Å². The predicted molar refractivity (Wildman–Crippen MR) is 123 cm³/mol. The van der Waals surface area contributed by atoms with Crippen LogP contribution >= 0.6 is 11.6 Å². The first-order chi connectivity index (χ1) is 15.5. The van der Waals surface area contributed by atoms with Gasteiger partial charge >= 0.3 is 0 Å². The fourth-order valence-corrected chi connectivity index (χ4v) is 3.77. The number of carbonyl (C=O) groups excluding carboxylic acids is 2. The number of hydrogen-bond acceptors (Lipinski definition) is 5. The maximum Gasteiger partial charge on any atom is 0.278 e. The SMILES string of the molecule is COc1cn(-c2ccccc2)nc1C(=O)N1CCN(CC(=O)Nc2ccccc2Cl)CC1. The smallest absolute Gasteiger partial charge is 0.278 e. The molecular weight excluding hydrogens is 430 g/mol. The van der Waals surface area contributed by atoms with E-state index in [4.69, 9.17) is 16.3 Å². The van der Waals surface area contributed by atoms with E-state index in [1.807, 2.05) is 47.4 Å². The van der Waals surface area contributed by atoms with E-state index in [2.05, 4.69) is 10.4 Å². The molecule has 3 aromatic rings. The van der Waals surface area contributed by atoms with Crippen LogP contribution in [-0.2, 0) is 4.79 Å². The van der Waals surface area contributed by atoms with Gasteiger partial charge in [-0.05, 0) is 24.3 Å². The summed E-state index contributed by atoms with van der Waals surface area (Å²) in [6, 6.07) is 16.7. The molecule has 0 saturated carbocycles. The first kappa shape index (κ1) is 21.9. The van der Waals surface area contributed by atoms with Crippen molar-refractivity contribution in [1.29, 1.82) is 0 Å². The normalized spacial score (nSPS) is 14.2. The summed E-state index contributed by atoms with van der Waals surface area (Å²) in [6.45, 7) is 2.41. The standard InChI is InChI=1S/C23H24ClN5O3/c1-32-20-15-29(17-7-3-2-4-8-17)26-22(20)23(31)28-13-11-27(12-14-28)16-21(30)25-19-10-6-5-9-18(19)24/h2-10,15H,11-14,16H2,1H3,(H,25,30). The van der Waals surface area contributed by atoms with Gasteiger partial charge in [-0.15, -0.1) is 0 Å². The van der Waals surface area contributed by atoms with Gasteiger partial charge in [0.15, 0.2) is 11.4 Å². The van der Waals surface area contributed by atoms with Gasteiger partial charge in [0.2, 0.25) is 5.91 Å². The average Bonchev–Trinajstić information content (AvgIpc) is 3.26. The molecule has 2 heterocycles. The molecule has 8 nitrogen and oxygen atoms in total. The molecule has 0 bridgehead atoms. The Morgan fingerprint density at radius 2 is 1.72 bits per heavy atom. The molecule has 0 unspecified atom stereocenters. The van der Waals surface area contributed by atoms with Crippen molar-refractivity contribution in [3.63, 3.8) is 0 Å². The quantitative estimate of drug-likeness (QED) is 0.620. The predicted octanol–water partition coefficient (Wildman–Crippen LogP) is 2.93. The van der Waals surface area contributed by atoms with Crippen LogP contribution in [-0.4, -0.2) is 71.2 Å². The van der Waals surface area contributed by atoms with E-state index >= 15 is 0 Å². The Morgan fingerprint density at radius 1 is 1.03 bits per heavy atom. The van der Waals surface area contributed by atoms with Gasteiger partial charge in [0.1, 0.15) is 0 Å². The lowest BCUT2D eigenvalue weighted by Crippen LogP contribution is -2.50. The second kappa shape index (κ2) is 9.84. The number of halogens is 1. The highest BCUT2D eigenvalue weighted by Crippen LogP contribution is 2.22. The number of ether oxygens (including phenoxy) is 1. The summed E-state index contributed by atoms with van der Waals surface area (Å²) in [7, 11) is 1.53. The number of hydrogen-bond donors (Lipinski definition) is 1. The van der Waals surface area contributed by atoms with Crippen LogP contribution in [0.15, 0.2) is 60.8 Å². The van der Waals surface area contributed by atoms with E-state index in [1.165, 1.54) is 7.11 Å². The van der Waals surface area contributed by atoms with Crippen molar-refractivity contribution in [3.05, 3.63) is 71.5 Å². The van der Waals surface area contributed by atoms with Crippen LogP contribution in [0.2, 0.25) is 5.02 Å². The van der Waals surface area contributed by atoms with Gasteiger partial charge in [-0.3, -0.25) is 14.5 Å². The van der Waals surface area contributed by atoms with Crippen LogP contribution in [0.1, 0.15) is 10.5 Å². The maximum atomic E-state index is 13.1. The minimum atomic E-state index is -0.184. The molecule has 1 N–H and O–H groups in total. The number of para-hydroxylation sites is 2. The Morgan fingerprint density at radius 3 is 2.41 bits per heavy atom. The summed E-state index contributed by atoms with van der Waals surface area (Å²) < 4.78 is 7.03. The van der Waals surface area contributed by atoms with Crippen LogP contribution in [0.3, 0.4) is 0 Å². The number of amides is 2. The molecule has 1 aliphatic rings. The Balaban J connectivity index is 1.35. The number of anilines is 1. The number of piperazine rings is 1. The number of methoxy groups -OCH3 is 1. The summed E-state index contributed by atoms with van der Waals surface area (Å²) in [5.74, 6) is 0.109. The van der Waals surface area contributed by atoms with E-state index in [1.54, 1.807) is 27.9 Å². The lowest BCUT2D eigenvalue weighted by atomic mass is 10.2. The fourth-order valence-electron chi connectivity index (χ4n) is 3.58. The summed E-state index contributed by atoms with van der Waals surface area (Å²) in [5.41, 5.74) is 1.72. The van der Waals surface area contributed by atoms with Gasteiger partial charge in [0.25, 0.3) is 5.91 Å². The van der Waals surface area contributed by atoms with Crippen molar-refractivity contribution in [2.75, 3.05) is 45.2 Å². The first-order valence-corrected chi connectivity index (χ1v) is 10.7. The monoisotopic (exact) mass is 453 g/mol. The number of carbonyl (C=O) groups is 2. The highest BCUT2D eigenvalue weighted by Gasteiger charge is 2.27. The minimum absolute atomic E-state index is 0.138. The number of nitrogens with one attached hydrogen (secondary N) is 1. The first-order valence-electron chi connectivity index (χ1n) is 10.3. The van der Waals surface area contributed by atoms with Crippen molar-refractivity contribution >= 4 is 29.1 Å². The number of rotatable bonds is 6. The van der Waals surface area contributed by atoms with Crippen LogP contribution in [0, 0.1) is 0 Å². The molecule has 0 spiro atoms. The molecule has 1 aromatic heterocycles. The Hall–Kier alpha value is -3.36. The van der Waals surface area contributed by atoms with Gasteiger partial charge < -0.3 is 15.0 Å². The maximum absolute atomic E-state index is 13.1. The molecule has 4 rings (SSSR count). The summed E-state index contributed by atoms with van der Waals surface area (Å²) in [5, 5.41) is 7.79. The number of aromatic nitrogens is 2. The molecule has 1 fully saturated rings. The third kappa shape index (κ3) is 4.92. The summed E-state index contributed by atoms with van der Waals surface area (Å²) in [6.07, 6.45) is 1.71. The zero-order chi connectivity index (χ0) is 22.5. The molecule has 1 saturated heterocycles. The van der Waals surface area contributed by atoms with Crippen molar-refractivity contribution < 1.29 is 14.3 Å². The average molecular weight is 454 g/mol. The molecule has 2 aromatic carbocycles. The number of nitrogens with zero attached hydrogens (tertiary/aromatic N) is 4. The highest BCUT2D eigenvalue weighted by atomic mass is 35.5. The van der Waals surface area contributed by atoms with Gasteiger partial charge in [-0.25, -0.2) is 4.68 Å². The van der Waals surface area contributed by atoms with E-state index in [0.717, 1.165) is 5.69 Å². The van der Waals surface area contributed by atoms with Crippen LogP contribution in [0.5, 0.6) is 5.75 Å². The third-order valence-electron chi connectivity index (χ3n) is 5.30. The lowest BCUT2D eigenvalue weighted by molar-refractivity contribution is -0.117. The molecule has 0 atom stereocenters. The zero-order valence-corrected chi connectivity index (χ0v) is 18.5. The van der Waals surface area contributed by atoms with Gasteiger partial charge in [-0.1, -0.05) is 41.9 Å². The Bertz CT molecular complexity index is 1090. The molecule has 32 heavy (non-hydrogen) atoms. The van der Waals surface area contributed by atoms with Gasteiger partial charge in [0, 0.05) is 26.2 Å². The molecule has 9 heteroatoms. The van der Waals surface area contributed by atoms with Crippen LogP contribution < -0.4 is 10.1 Å².